The SMILES string of the molecule is C[C@]12CC[C@@H]3c4ccc(O)cc4CC[C@H]3[C@@]13CC[C@]2(O)[C@H](O)C3. The Balaban J connectivity index is 1.63. The predicted molar refractivity (Wildman–Crippen MR) is 87.2 cm³/mol. The standard InChI is InChI=1S/C20H26O3/c1-18-7-6-15-14-4-3-13(21)10-12(14)2-5-16(15)19(18)8-9-20(18,23)17(22)11-19/h3-4,10,15-17,21-23H,2,5-9,11H2,1H3/t15-,16-,17-,18+,19+,20+/m1/s1. The van der Waals surface area contributed by atoms with Crippen LogP contribution in [0.25, 0.3) is 0 Å². The van der Waals surface area contributed by atoms with Gasteiger partial charge in [-0.1, -0.05) is 13.0 Å². The Morgan fingerprint density at radius 3 is 2.74 bits per heavy atom. The molecule has 0 unspecified atom stereocenters. The van der Waals surface area contributed by atoms with E-state index in [1.165, 1.54) is 11.1 Å². The van der Waals surface area contributed by atoms with Gasteiger partial charge >= 0.3 is 0 Å². The molecule has 3 nitrogen and oxygen atoms in total. The number of hydrogen-bond acceptors (Lipinski definition) is 3. The average molecular weight is 314 g/mol. The minimum atomic E-state index is -0.868. The summed E-state index contributed by atoms with van der Waals surface area (Å²) in [6.07, 6.45) is 6.27. The molecule has 1 aromatic carbocycles. The lowest BCUT2D eigenvalue weighted by Crippen LogP contribution is -2.53. The van der Waals surface area contributed by atoms with Gasteiger partial charge in [0.05, 0.1) is 11.7 Å². The van der Waals surface area contributed by atoms with Gasteiger partial charge in [0, 0.05) is 5.41 Å². The van der Waals surface area contributed by atoms with Gasteiger partial charge in [-0.25, -0.2) is 0 Å². The molecule has 5 rings (SSSR count). The summed E-state index contributed by atoms with van der Waals surface area (Å²) in [7, 11) is 0. The summed E-state index contributed by atoms with van der Waals surface area (Å²) in [5.74, 6) is 1.46. The molecule has 0 heterocycles. The summed E-state index contributed by atoms with van der Waals surface area (Å²) in [4.78, 5) is 0. The van der Waals surface area contributed by atoms with Crippen LogP contribution < -0.4 is 0 Å². The molecule has 0 aliphatic heterocycles. The van der Waals surface area contributed by atoms with Crippen LogP contribution in [0.15, 0.2) is 18.2 Å². The number of aliphatic hydroxyl groups is 2. The molecule has 0 radical (unpaired) electrons. The molecule has 4 aliphatic rings. The molecule has 0 spiro atoms. The van der Waals surface area contributed by atoms with Crippen LogP contribution >= 0.6 is 0 Å². The first kappa shape index (κ1) is 14.3. The summed E-state index contributed by atoms with van der Waals surface area (Å²) in [6, 6.07) is 5.87. The fraction of sp³-hybridized carbons (Fsp3) is 0.700. The Bertz CT molecular complexity index is 685. The Hall–Kier alpha value is -1.06. The van der Waals surface area contributed by atoms with E-state index in [4.69, 9.17) is 0 Å². The molecule has 0 amide bonds. The van der Waals surface area contributed by atoms with Crippen molar-refractivity contribution in [1.82, 2.24) is 0 Å². The third kappa shape index (κ3) is 1.41. The van der Waals surface area contributed by atoms with Crippen LogP contribution in [0.5, 0.6) is 5.75 Å². The van der Waals surface area contributed by atoms with Crippen molar-refractivity contribution < 1.29 is 15.3 Å². The Morgan fingerprint density at radius 1 is 1.13 bits per heavy atom. The smallest absolute Gasteiger partial charge is 0.115 e. The summed E-state index contributed by atoms with van der Waals surface area (Å²) < 4.78 is 0. The molecule has 3 fully saturated rings. The summed E-state index contributed by atoms with van der Waals surface area (Å²) in [6.45, 7) is 2.25. The van der Waals surface area contributed by atoms with Gasteiger partial charge in [0.1, 0.15) is 5.75 Å². The normalized spacial score (nSPS) is 50.3. The topological polar surface area (TPSA) is 60.7 Å². The number of aromatic hydroxyl groups is 1. The molecule has 3 saturated carbocycles. The minimum Gasteiger partial charge on any atom is -0.508 e. The number of rotatable bonds is 0. The van der Waals surface area contributed by atoms with Gasteiger partial charge in [0.15, 0.2) is 0 Å². The predicted octanol–water partition coefficient (Wildman–Crippen LogP) is 3.11. The van der Waals surface area contributed by atoms with E-state index in [0.29, 0.717) is 17.6 Å². The fourth-order valence-corrected chi connectivity index (χ4v) is 7.34. The van der Waals surface area contributed by atoms with E-state index in [2.05, 4.69) is 13.0 Å². The van der Waals surface area contributed by atoms with Gasteiger partial charge < -0.3 is 15.3 Å². The lowest BCUT2D eigenvalue weighted by atomic mass is 9.48. The fourth-order valence-electron chi connectivity index (χ4n) is 7.34. The largest absolute Gasteiger partial charge is 0.508 e. The molecular formula is C20H26O3. The maximum Gasteiger partial charge on any atom is 0.115 e. The number of phenolic OH excluding ortho intramolecular Hbond substituents is 1. The second-order valence-corrected chi connectivity index (χ2v) is 8.81. The highest BCUT2D eigenvalue weighted by molar-refractivity contribution is 5.41. The van der Waals surface area contributed by atoms with E-state index in [0.717, 1.165) is 44.9 Å². The highest BCUT2D eigenvalue weighted by atomic mass is 16.3. The maximum atomic E-state index is 11.2. The van der Waals surface area contributed by atoms with Crippen LogP contribution in [-0.4, -0.2) is 27.0 Å². The van der Waals surface area contributed by atoms with Crippen LogP contribution in [0.3, 0.4) is 0 Å². The van der Waals surface area contributed by atoms with Gasteiger partial charge in [0.25, 0.3) is 0 Å². The number of benzene rings is 1. The van der Waals surface area contributed by atoms with Gasteiger partial charge in [-0.05, 0) is 85.5 Å². The molecule has 3 N–H and O–H groups in total. The highest BCUT2D eigenvalue weighted by Crippen LogP contribution is 2.77. The van der Waals surface area contributed by atoms with Gasteiger partial charge in [-0.3, -0.25) is 0 Å². The van der Waals surface area contributed by atoms with Gasteiger partial charge in [-0.2, -0.15) is 0 Å². The molecule has 0 saturated heterocycles. The van der Waals surface area contributed by atoms with Crippen molar-refractivity contribution in [2.75, 3.05) is 0 Å². The first-order valence-electron chi connectivity index (χ1n) is 9.14. The second-order valence-electron chi connectivity index (χ2n) is 8.81. The average Bonchev–Trinajstić information content (AvgIpc) is 2.86. The molecular weight excluding hydrogens is 288 g/mol. The van der Waals surface area contributed by atoms with Crippen LogP contribution in [0.2, 0.25) is 0 Å². The van der Waals surface area contributed by atoms with Crippen LogP contribution in [-0.2, 0) is 6.42 Å². The van der Waals surface area contributed by atoms with Crippen molar-refractivity contribution in [3.8, 4) is 5.75 Å². The molecule has 23 heavy (non-hydrogen) atoms. The van der Waals surface area contributed by atoms with Crippen molar-refractivity contribution in [3.05, 3.63) is 29.3 Å². The van der Waals surface area contributed by atoms with Crippen molar-refractivity contribution in [1.29, 1.82) is 0 Å². The monoisotopic (exact) mass is 314 g/mol. The zero-order chi connectivity index (χ0) is 16.0. The van der Waals surface area contributed by atoms with Crippen LogP contribution in [0, 0.1) is 16.7 Å². The Kier molecular flexibility index (Phi) is 2.56. The Morgan fingerprint density at radius 2 is 1.96 bits per heavy atom. The number of aliphatic hydroxyl groups excluding tert-OH is 1. The quantitative estimate of drug-likeness (QED) is 0.689. The third-order valence-electron chi connectivity index (χ3n) is 8.52. The van der Waals surface area contributed by atoms with E-state index in [1.807, 2.05) is 12.1 Å². The van der Waals surface area contributed by atoms with E-state index in [1.54, 1.807) is 0 Å². The van der Waals surface area contributed by atoms with E-state index in [9.17, 15) is 15.3 Å². The summed E-state index contributed by atoms with van der Waals surface area (Å²) >= 11 is 0. The number of fused-ring (bicyclic) bond motifs is 3. The Labute approximate surface area is 137 Å². The molecule has 4 aliphatic carbocycles. The van der Waals surface area contributed by atoms with Crippen molar-refractivity contribution in [3.63, 3.8) is 0 Å². The van der Waals surface area contributed by atoms with E-state index in [-0.39, 0.29) is 10.8 Å². The molecule has 0 aromatic heterocycles. The molecule has 1 aromatic rings. The van der Waals surface area contributed by atoms with Crippen molar-refractivity contribution in [2.45, 2.75) is 69.5 Å². The molecule has 3 heteroatoms. The summed E-state index contributed by atoms with van der Waals surface area (Å²) in [5.41, 5.74) is 1.81. The molecule has 6 atom stereocenters. The minimum absolute atomic E-state index is 0.0969. The number of hydrogen-bond donors (Lipinski definition) is 3. The highest BCUT2D eigenvalue weighted by Gasteiger charge is 2.76. The van der Waals surface area contributed by atoms with Gasteiger partial charge in [-0.15, -0.1) is 0 Å². The third-order valence-corrected chi connectivity index (χ3v) is 8.52. The van der Waals surface area contributed by atoms with Crippen LogP contribution in [0.4, 0.5) is 0 Å². The maximum absolute atomic E-state index is 11.2. The van der Waals surface area contributed by atoms with Gasteiger partial charge in [0.2, 0.25) is 0 Å². The number of aryl methyl sites for hydroxylation is 1. The zero-order valence-electron chi connectivity index (χ0n) is 13.8. The first-order valence-corrected chi connectivity index (χ1v) is 9.14. The molecule has 124 valence electrons. The summed E-state index contributed by atoms with van der Waals surface area (Å²) in [5, 5.41) is 31.6. The van der Waals surface area contributed by atoms with E-state index < -0.39 is 11.7 Å². The van der Waals surface area contributed by atoms with E-state index >= 15 is 0 Å². The lowest BCUT2D eigenvalue weighted by Gasteiger charge is -2.56. The number of phenols is 1. The molecule has 2 bridgehead atoms. The zero-order valence-corrected chi connectivity index (χ0v) is 13.8. The van der Waals surface area contributed by atoms with Crippen molar-refractivity contribution in [2.24, 2.45) is 16.7 Å². The lowest BCUT2D eigenvalue weighted by molar-refractivity contribution is -0.129. The van der Waals surface area contributed by atoms with Crippen LogP contribution in [0.1, 0.15) is 62.5 Å². The second kappa shape index (κ2) is 4.12. The van der Waals surface area contributed by atoms with Crippen molar-refractivity contribution >= 4 is 0 Å². The first-order chi connectivity index (χ1) is 10.9.